The highest BCUT2D eigenvalue weighted by molar-refractivity contribution is 7.16. The van der Waals surface area contributed by atoms with Gasteiger partial charge in [-0.25, -0.2) is 0 Å². The minimum atomic E-state index is 0.562. The van der Waals surface area contributed by atoms with Crippen LogP contribution in [0.2, 0.25) is 4.34 Å². The number of hydrogen-bond acceptors (Lipinski definition) is 6. The van der Waals surface area contributed by atoms with E-state index in [1.165, 1.54) is 4.88 Å². The van der Waals surface area contributed by atoms with Crippen molar-refractivity contribution in [3.05, 3.63) is 51.5 Å². The Kier molecular flexibility index (Phi) is 4.95. The van der Waals surface area contributed by atoms with Gasteiger partial charge in [0.1, 0.15) is 5.75 Å². The first-order valence-corrected chi connectivity index (χ1v) is 8.23. The van der Waals surface area contributed by atoms with Crippen LogP contribution in [0.25, 0.3) is 11.4 Å². The van der Waals surface area contributed by atoms with Crippen molar-refractivity contribution in [3.8, 4) is 17.1 Å². The van der Waals surface area contributed by atoms with Crippen molar-refractivity contribution in [3.63, 3.8) is 0 Å². The molecule has 1 aromatic carbocycles. The fourth-order valence-electron chi connectivity index (χ4n) is 2.19. The molecule has 3 rings (SSSR count). The van der Waals surface area contributed by atoms with E-state index >= 15 is 0 Å². The molecule has 0 saturated heterocycles. The molecule has 0 aliphatic heterocycles. The number of nitrogens with zero attached hydrogens (tertiary/aromatic N) is 3. The van der Waals surface area contributed by atoms with Gasteiger partial charge in [-0.05, 0) is 31.3 Å². The molecule has 0 N–H and O–H groups in total. The number of ether oxygens (including phenoxy) is 1. The molecule has 23 heavy (non-hydrogen) atoms. The standard InChI is InChI=1S/C16H16ClN3O2S/c1-20(9-13-6-7-14(17)23-13)10-15-18-16(19-22-15)11-4-3-5-12(8-11)21-2/h3-8H,9-10H2,1-2H3. The summed E-state index contributed by atoms with van der Waals surface area (Å²) in [5.74, 6) is 1.90. The minimum Gasteiger partial charge on any atom is -0.497 e. The minimum absolute atomic E-state index is 0.562. The van der Waals surface area contributed by atoms with Crippen molar-refractivity contribution in [1.29, 1.82) is 0 Å². The molecule has 0 fully saturated rings. The van der Waals surface area contributed by atoms with Gasteiger partial charge in [0.05, 0.1) is 18.0 Å². The van der Waals surface area contributed by atoms with Crippen molar-refractivity contribution in [2.75, 3.05) is 14.2 Å². The molecule has 2 heterocycles. The van der Waals surface area contributed by atoms with Gasteiger partial charge in [-0.3, -0.25) is 4.90 Å². The first-order valence-electron chi connectivity index (χ1n) is 7.04. The lowest BCUT2D eigenvalue weighted by molar-refractivity contribution is 0.262. The quantitative estimate of drug-likeness (QED) is 0.670. The van der Waals surface area contributed by atoms with Crippen LogP contribution in [0.3, 0.4) is 0 Å². The first-order chi connectivity index (χ1) is 11.1. The Hall–Kier alpha value is -1.89. The Morgan fingerprint density at radius 1 is 1.26 bits per heavy atom. The molecule has 0 amide bonds. The zero-order chi connectivity index (χ0) is 16.2. The van der Waals surface area contributed by atoms with E-state index in [-0.39, 0.29) is 0 Å². The molecule has 120 valence electrons. The second kappa shape index (κ2) is 7.12. The van der Waals surface area contributed by atoms with Gasteiger partial charge in [0.25, 0.3) is 0 Å². The molecule has 0 aliphatic carbocycles. The monoisotopic (exact) mass is 349 g/mol. The van der Waals surface area contributed by atoms with Crippen LogP contribution in [0.1, 0.15) is 10.8 Å². The van der Waals surface area contributed by atoms with Crippen molar-refractivity contribution >= 4 is 22.9 Å². The van der Waals surface area contributed by atoms with E-state index in [2.05, 4.69) is 15.0 Å². The largest absolute Gasteiger partial charge is 0.497 e. The van der Waals surface area contributed by atoms with Crippen LogP contribution < -0.4 is 4.74 Å². The van der Waals surface area contributed by atoms with E-state index in [0.29, 0.717) is 18.3 Å². The summed E-state index contributed by atoms with van der Waals surface area (Å²) in [4.78, 5) is 7.75. The number of halogens is 1. The molecular formula is C16H16ClN3O2S. The highest BCUT2D eigenvalue weighted by Gasteiger charge is 2.12. The van der Waals surface area contributed by atoms with Crippen LogP contribution in [-0.2, 0) is 13.1 Å². The molecule has 0 saturated carbocycles. The molecule has 3 aromatic rings. The van der Waals surface area contributed by atoms with Crippen LogP contribution in [0.5, 0.6) is 5.75 Å². The number of aromatic nitrogens is 2. The van der Waals surface area contributed by atoms with Crippen molar-refractivity contribution in [2.45, 2.75) is 13.1 Å². The maximum atomic E-state index is 5.95. The summed E-state index contributed by atoms with van der Waals surface area (Å²) in [7, 11) is 3.63. The van der Waals surface area contributed by atoms with Crippen LogP contribution in [0.4, 0.5) is 0 Å². The van der Waals surface area contributed by atoms with Gasteiger partial charge < -0.3 is 9.26 Å². The predicted octanol–water partition coefficient (Wildman–Crippen LogP) is 4.09. The zero-order valence-corrected chi connectivity index (χ0v) is 14.4. The molecule has 0 aliphatic rings. The van der Waals surface area contributed by atoms with Gasteiger partial charge in [-0.2, -0.15) is 4.98 Å². The fraction of sp³-hybridized carbons (Fsp3) is 0.250. The molecule has 0 atom stereocenters. The topological polar surface area (TPSA) is 51.4 Å². The number of methoxy groups -OCH3 is 1. The Labute approximate surface area is 143 Å². The Morgan fingerprint density at radius 3 is 2.87 bits per heavy atom. The van der Waals surface area contributed by atoms with Gasteiger partial charge in [0, 0.05) is 17.0 Å². The average Bonchev–Trinajstić information content (AvgIpc) is 3.16. The Bertz CT molecular complexity index is 787. The van der Waals surface area contributed by atoms with E-state index in [0.717, 1.165) is 22.2 Å². The summed E-state index contributed by atoms with van der Waals surface area (Å²) in [6.07, 6.45) is 0. The molecule has 0 radical (unpaired) electrons. The van der Waals surface area contributed by atoms with Crippen molar-refractivity contribution in [1.82, 2.24) is 15.0 Å². The van der Waals surface area contributed by atoms with Gasteiger partial charge in [-0.1, -0.05) is 28.9 Å². The van der Waals surface area contributed by atoms with E-state index in [1.807, 2.05) is 43.4 Å². The normalized spacial score (nSPS) is 11.1. The van der Waals surface area contributed by atoms with E-state index in [1.54, 1.807) is 18.4 Å². The summed E-state index contributed by atoms with van der Waals surface area (Å²) in [6.45, 7) is 1.36. The Morgan fingerprint density at radius 2 is 2.13 bits per heavy atom. The van der Waals surface area contributed by atoms with Crippen molar-refractivity contribution < 1.29 is 9.26 Å². The maximum absolute atomic E-state index is 5.95. The molecule has 7 heteroatoms. The summed E-state index contributed by atoms with van der Waals surface area (Å²) >= 11 is 7.52. The molecule has 5 nitrogen and oxygen atoms in total. The lowest BCUT2D eigenvalue weighted by Gasteiger charge is -2.12. The zero-order valence-electron chi connectivity index (χ0n) is 12.8. The second-order valence-electron chi connectivity index (χ2n) is 5.12. The van der Waals surface area contributed by atoms with E-state index in [4.69, 9.17) is 20.9 Å². The maximum Gasteiger partial charge on any atom is 0.241 e. The van der Waals surface area contributed by atoms with E-state index < -0.39 is 0 Å². The third kappa shape index (κ3) is 4.10. The number of hydrogen-bond donors (Lipinski definition) is 0. The average molecular weight is 350 g/mol. The van der Waals surface area contributed by atoms with Crippen molar-refractivity contribution in [2.24, 2.45) is 0 Å². The van der Waals surface area contributed by atoms with Gasteiger partial charge in [0.15, 0.2) is 0 Å². The number of rotatable bonds is 6. The van der Waals surface area contributed by atoms with Crippen LogP contribution >= 0.6 is 22.9 Å². The van der Waals surface area contributed by atoms with Gasteiger partial charge in [0.2, 0.25) is 11.7 Å². The van der Waals surface area contributed by atoms with Gasteiger partial charge in [-0.15, -0.1) is 11.3 Å². The smallest absolute Gasteiger partial charge is 0.241 e. The first kappa shape index (κ1) is 16.0. The van der Waals surface area contributed by atoms with Crippen LogP contribution in [0.15, 0.2) is 40.9 Å². The number of benzene rings is 1. The summed E-state index contributed by atoms with van der Waals surface area (Å²) in [6, 6.07) is 11.5. The molecule has 0 spiro atoms. The third-order valence-corrected chi connectivity index (χ3v) is 4.47. The Balaban J connectivity index is 1.66. The molecule has 0 unspecified atom stereocenters. The summed E-state index contributed by atoms with van der Waals surface area (Å²) < 4.78 is 11.3. The lowest BCUT2D eigenvalue weighted by Crippen LogP contribution is -2.16. The molecule has 0 bridgehead atoms. The van der Waals surface area contributed by atoms with Crippen LogP contribution in [-0.4, -0.2) is 29.2 Å². The van der Waals surface area contributed by atoms with Crippen LogP contribution in [0, 0.1) is 0 Å². The second-order valence-corrected chi connectivity index (χ2v) is 6.92. The SMILES string of the molecule is COc1cccc(-c2noc(CN(C)Cc3ccc(Cl)s3)n2)c1. The highest BCUT2D eigenvalue weighted by Crippen LogP contribution is 2.24. The molecule has 2 aromatic heterocycles. The molecular weight excluding hydrogens is 334 g/mol. The summed E-state index contributed by atoms with van der Waals surface area (Å²) in [5.41, 5.74) is 0.868. The predicted molar refractivity (Wildman–Crippen MR) is 90.8 cm³/mol. The van der Waals surface area contributed by atoms with E-state index in [9.17, 15) is 0 Å². The number of thiophene rings is 1. The third-order valence-electron chi connectivity index (χ3n) is 3.26. The lowest BCUT2D eigenvalue weighted by atomic mass is 10.2. The summed E-state index contributed by atoms with van der Waals surface area (Å²) in [5, 5.41) is 4.04. The fourth-order valence-corrected chi connectivity index (χ4v) is 3.36. The highest BCUT2D eigenvalue weighted by atomic mass is 35.5. The van der Waals surface area contributed by atoms with Gasteiger partial charge >= 0.3 is 0 Å².